The number of hydrogen-bond donors (Lipinski definition) is 1. The molecule has 1 aromatic rings. The van der Waals surface area contributed by atoms with Gasteiger partial charge in [0.1, 0.15) is 0 Å². The summed E-state index contributed by atoms with van der Waals surface area (Å²) < 4.78 is 27.1. The van der Waals surface area contributed by atoms with Crippen LogP contribution in [0.2, 0.25) is 0 Å². The lowest BCUT2D eigenvalue weighted by Crippen LogP contribution is -2.29. The summed E-state index contributed by atoms with van der Waals surface area (Å²) >= 11 is 0. The number of nitrogens with two attached hydrogens (primary N) is 1. The maximum absolute atomic E-state index is 13.7. The Morgan fingerprint density at radius 1 is 1.25 bits per heavy atom. The quantitative estimate of drug-likeness (QED) is 0.837. The van der Waals surface area contributed by atoms with Gasteiger partial charge in [-0.3, -0.25) is 0 Å². The van der Waals surface area contributed by atoms with Gasteiger partial charge in [-0.1, -0.05) is 32.9 Å². The maximum atomic E-state index is 13.7. The van der Waals surface area contributed by atoms with Crippen molar-refractivity contribution in [2.24, 2.45) is 11.1 Å². The van der Waals surface area contributed by atoms with Crippen LogP contribution in [0.25, 0.3) is 0 Å². The Morgan fingerprint density at radius 2 is 1.81 bits per heavy atom. The van der Waals surface area contributed by atoms with Gasteiger partial charge in [-0.2, -0.15) is 0 Å². The van der Waals surface area contributed by atoms with E-state index in [0.717, 1.165) is 6.42 Å². The molecule has 0 aliphatic carbocycles. The van der Waals surface area contributed by atoms with Crippen molar-refractivity contribution in [2.45, 2.75) is 40.2 Å². The van der Waals surface area contributed by atoms with Crippen LogP contribution < -0.4 is 5.73 Å². The molecule has 0 spiro atoms. The van der Waals surface area contributed by atoms with Gasteiger partial charge < -0.3 is 5.73 Å². The average Bonchev–Trinajstić information content (AvgIpc) is 2.25. The smallest absolute Gasteiger partial charge is 0.163 e. The molecule has 1 nitrogen and oxygen atoms in total. The largest absolute Gasteiger partial charge is 0.323 e. The van der Waals surface area contributed by atoms with Crippen molar-refractivity contribution >= 4 is 0 Å². The highest BCUT2D eigenvalue weighted by Crippen LogP contribution is 2.36. The zero-order valence-electron chi connectivity index (χ0n) is 10.3. The van der Waals surface area contributed by atoms with Gasteiger partial charge in [0.15, 0.2) is 11.6 Å². The number of hydrogen-bond acceptors (Lipinski definition) is 1. The fourth-order valence-corrected chi connectivity index (χ4v) is 1.54. The first-order valence-electron chi connectivity index (χ1n) is 5.51. The lowest BCUT2D eigenvalue weighted by molar-refractivity contribution is 0.271. The Labute approximate surface area is 95.7 Å². The molecule has 90 valence electrons. The third-order valence-corrected chi connectivity index (χ3v) is 3.39. The minimum absolute atomic E-state index is 0.247. The zero-order valence-corrected chi connectivity index (χ0v) is 10.3. The van der Waals surface area contributed by atoms with E-state index in [-0.39, 0.29) is 11.0 Å². The number of benzene rings is 1. The van der Waals surface area contributed by atoms with Crippen molar-refractivity contribution in [3.8, 4) is 0 Å². The summed E-state index contributed by atoms with van der Waals surface area (Å²) in [6, 6.07) is 2.66. The molecule has 0 heterocycles. The van der Waals surface area contributed by atoms with Crippen molar-refractivity contribution in [2.75, 3.05) is 0 Å². The van der Waals surface area contributed by atoms with Gasteiger partial charge >= 0.3 is 0 Å². The molecule has 0 saturated carbocycles. The van der Waals surface area contributed by atoms with Gasteiger partial charge in [-0.25, -0.2) is 8.78 Å². The molecule has 16 heavy (non-hydrogen) atoms. The van der Waals surface area contributed by atoms with E-state index in [1.807, 2.05) is 20.8 Å². The summed E-state index contributed by atoms with van der Waals surface area (Å²) in [6.45, 7) is 7.44. The molecule has 0 amide bonds. The van der Waals surface area contributed by atoms with E-state index in [1.54, 1.807) is 19.1 Å². The van der Waals surface area contributed by atoms with E-state index >= 15 is 0 Å². The highest BCUT2D eigenvalue weighted by molar-refractivity contribution is 5.28. The van der Waals surface area contributed by atoms with Crippen LogP contribution in [0.4, 0.5) is 8.78 Å². The van der Waals surface area contributed by atoms with Crippen molar-refractivity contribution in [3.63, 3.8) is 0 Å². The van der Waals surface area contributed by atoms with Gasteiger partial charge in [-0.05, 0) is 24.3 Å². The topological polar surface area (TPSA) is 26.0 Å². The first-order chi connectivity index (χ1) is 7.31. The van der Waals surface area contributed by atoms with Gasteiger partial charge in [0.25, 0.3) is 0 Å². The molecule has 1 rings (SSSR count). The Bertz CT molecular complexity index is 386. The van der Waals surface area contributed by atoms with E-state index in [1.165, 1.54) is 0 Å². The van der Waals surface area contributed by atoms with E-state index in [4.69, 9.17) is 5.73 Å². The Morgan fingerprint density at radius 3 is 2.31 bits per heavy atom. The normalized spacial score (nSPS) is 13.9. The Hall–Kier alpha value is -0.960. The third-order valence-electron chi connectivity index (χ3n) is 3.39. The zero-order chi connectivity index (χ0) is 12.5. The average molecular weight is 227 g/mol. The molecule has 1 aromatic carbocycles. The highest BCUT2D eigenvalue weighted by Gasteiger charge is 2.29. The van der Waals surface area contributed by atoms with Crippen molar-refractivity contribution < 1.29 is 8.78 Å². The van der Waals surface area contributed by atoms with Crippen LogP contribution in [0.1, 0.15) is 44.4 Å². The maximum Gasteiger partial charge on any atom is 0.163 e. The number of halogens is 2. The van der Waals surface area contributed by atoms with Crippen LogP contribution in [0, 0.1) is 24.0 Å². The summed E-state index contributed by atoms with van der Waals surface area (Å²) in [5, 5.41) is 0. The van der Waals surface area contributed by atoms with Gasteiger partial charge in [-0.15, -0.1) is 0 Å². The molecule has 0 aromatic heterocycles. The molecule has 1 atom stereocenters. The molecule has 0 saturated heterocycles. The second-order valence-corrected chi connectivity index (χ2v) is 4.92. The second kappa shape index (κ2) is 4.50. The summed E-state index contributed by atoms with van der Waals surface area (Å²) in [5.74, 6) is -1.60. The molecule has 2 N–H and O–H groups in total. The molecule has 0 radical (unpaired) electrons. The molecule has 0 aliphatic heterocycles. The summed E-state index contributed by atoms with van der Waals surface area (Å²) in [5.41, 5.74) is 6.32. The minimum Gasteiger partial charge on any atom is -0.323 e. The molecule has 0 fully saturated rings. The number of rotatable bonds is 3. The molecule has 0 aliphatic rings. The van der Waals surface area contributed by atoms with E-state index in [2.05, 4.69) is 0 Å². The van der Waals surface area contributed by atoms with Gasteiger partial charge in [0.05, 0.1) is 0 Å². The van der Waals surface area contributed by atoms with Crippen molar-refractivity contribution in [3.05, 3.63) is 34.9 Å². The predicted octanol–water partition coefficient (Wildman–Crippen LogP) is 3.71. The van der Waals surface area contributed by atoms with E-state index in [9.17, 15) is 8.78 Å². The standard InChI is InChI=1S/C13H19F2N/c1-5-13(3,4)12(16)9-7-6-8(2)10(14)11(9)15/h6-7,12H,5,16H2,1-4H3. The summed E-state index contributed by atoms with van der Waals surface area (Å²) in [6.07, 6.45) is 0.809. The molecule has 1 unspecified atom stereocenters. The third kappa shape index (κ3) is 2.24. The van der Waals surface area contributed by atoms with Crippen molar-refractivity contribution in [1.29, 1.82) is 0 Å². The lowest BCUT2D eigenvalue weighted by Gasteiger charge is -2.31. The van der Waals surface area contributed by atoms with Crippen LogP contribution in [-0.2, 0) is 0 Å². The predicted molar refractivity (Wildman–Crippen MR) is 62.1 cm³/mol. The highest BCUT2D eigenvalue weighted by atomic mass is 19.2. The summed E-state index contributed by atoms with van der Waals surface area (Å²) in [4.78, 5) is 0. The second-order valence-electron chi connectivity index (χ2n) is 4.92. The monoisotopic (exact) mass is 227 g/mol. The Kier molecular flexibility index (Phi) is 3.68. The lowest BCUT2D eigenvalue weighted by atomic mass is 9.78. The van der Waals surface area contributed by atoms with Gasteiger partial charge in [0, 0.05) is 11.6 Å². The van der Waals surface area contributed by atoms with Crippen LogP contribution in [0.15, 0.2) is 12.1 Å². The fraction of sp³-hybridized carbons (Fsp3) is 0.538. The fourth-order valence-electron chi connectivity index (χ4n) is 1.54. The first-order valence-corrected chi connectivity index (χ1v) is 5.51. The Balaban J connectivity index is 3.20. The molecule has 0 bridgehead atoms. The number of aryl methyl sites for hydroxylation is 1. The van der Waals surface area contributed by atoms with Crippen LogP contribution >= 0.6 is 0 Å². The molecular formula is C13H19F2N. The first kappa shape index (κ1) is 13.1. The van der Waals surface area contributed by atoms with Crippen LogP contribution in [0.5, 0.6) is 0 Å². The molecular weight excluding hydrogens is 208 g/mol. The van der Waals surface area contributed by atoms with Gasteiger partial charge in [0.2, 0.25) is 0 Å². The summed E-state index contributed by atoms with van der Waals surface area (Å²) in [7, 11) is 0. The van der Waals surface area contributed by atoms with Crippen molar-refractivity contribution in [1.82, 2.24) is 0 Å². The molecule has 3 heteroatoms. The van der Waals surface area contributed by atoms with Crippen LogP contribution in [0.3, 0.4) is 0 Å². The van der Waals surface area contributed by atoms with E-state index < -0.39 is 17.7 Å². The van der Waals surface area contributed by atoms with E-state index in [0.29, 0.717) is 5.56 Å². The minimum atomic E-state index is -0.811. The van der Waals surface area contributed by atoms with Crippen LogP contribution in [-0.4, -0.2) is 0 Å². The SMILES string of the molecule is CCC(C)(C)C(N)c1ccc(C)c(F)c1F.